The van der Waals surface area contributed by atoms with E-state index < -0.39 is 10.9 Å². The number of nitrogens with zero attached hydrogens (tertiary/aromatic N) is 3. The number of thiazole rings is 1. The third-order valence-electron chi connectivity index (χ3n) is 4.89. The molecule has 0 spiro atoms. The molecule has 2 aromatic carbocycles. The number of non-ortho nitro benzene ring substituents is 1. The third-order valence-corrected chi connectivity index (χ3v) is 5.76. The minimum atomic E-state index is -0.669. The van der Waals surface area contributed by atoms with Crippen molar-refractivity contribution in [1.29, 1.82) is 0 Å². The Morgan fingerprint density at radius 1 is 1.18 bits per heavy atom. The zero-order chi connectivity index (χ0) is 23.2. The van der Waals surface area contributed by atoms with Crippen molar-refractivity contribution in [2.75, 3.05) is 31.2 Å². The Morgan fingerprint density at radius 3 is 2.67 bits per heavy atom. The molecule has 172 valence electrons. The molecular formula is C22H20FN3O6S. The first-order chi connectivity index (χ1) is 16.0. The molecule has 0 N–H and O–H groups in total. The van der Waals surface area contributed by atoms with Crippen LogP contribution in [0.4, 0.5) is 15.8 Å². The van der Waals surface area contributed by atoms with Crippen LogP contribution in [-0.2, 0) is 22.7 Å². The molecule has 33 heavy (non-hydrogen) atoms. The highest BCUT2D eigenvalue weighted by molar-refractivity contribution is 7.09. The minimum absolute atomic E-state index is 0.0862. The van der Waals surface area contributed by atoms with Crippen LogP contribution < -0.4 is 9.64 Å². The molecule has 9 nitrogen and oxygen atoms in total. The molecule has 0 aliphatic carbocycles. The van der Waals surface area contributed by atoms with Crippen molar-refractivity contribution in [3.63, 3.8) is 0 Å². The molecule has 1 aliphatic rings. The van der Waals surface area contributed by atoms with E-state index in [0.29, 0.717) is 48.4 Å². The van der Waals surface area contributed by atoms with E-state index in [1.807, 2.05) is 4.90 Å². The molecule has 4 rings (SSSR count). The fraction of sp³-hybridized carbons (Fsp3) is 0.273. The quantitative estimate of drug-likeness (QED) is 0.275. The lowest BCUT2D eigenvalue weighted by molar-refractivity contribution is -0.384. The molecule has 0 unspecified atom stereocenters. The fourth-order valence-electron chi connectivity index (χ4n) is 3.26. The fourth-order valence-corrected chi connectivity index (χ4v) is 3.95. The summed E-state index contributed by atoms with van der Waals surface area (Å²) in [6, 6.07) is 9.83. The molecule has 1 saturated heterocycles. The van der Waals surface area contributed by atoms with E-state index in [-0.39, 0.29) is 30.3 Å². The number of nitro groups is 1. The molecule has 0 radical (unpaired) electrons. The molecule has 2 heterocycles. The second-order valence-electron chi connectivity index (χ2n) is 7.11. The number of aromatic nitrogens is 1. The zero-order valence-electron chi connectivity index (χ0n) is 17.4. The molecular weight excluding hydrogens is 453 g/mol. The van der Waals surface area contributed by atoms with Crippen molar-refractivity contribution in [3.05, 3.63) is 80.0 Å². The number of anilines is 1. The maximum Gasteiger partial charge on any atom is 0.340 e. The highest BCUT2D eigenvalue weighted by atomic mass is 32.1. The Morgan fingerprint density at radius 2 is 1.94 bits per heavy atom. The van der Waals surface area contributed by atoms with Gasteiger partial charge in [-0.2, -0.15) is 0 Å². The van der Waals surface area contributed by atoms with Crippen LogP contribution >= 0.6 is 11.3 Å². The van der Waals surface area contributed by atoms with E-state index >= 15 is 0 Å². The predicted octanol–water partition coefficient (Wildman–Crippen LogP) is 3.96. The Kier molecular flexibility index (Phi) is 7.10. The number of nitro benzene ring substituents is 1. The van der Waals surface area contributed by atoms with Crippen LogP contribution in [0.25, 0.3) is 0 Å². The highest BCUT2D eigenvalue weighted by Gasteiger charge is 2.23. The highest BCUT2D eigenvalue weighted by Crippen LogP contribution is 2.27. The van der Waals surface area contributed by atoms with Crippen LogP contribution in [0, 0.1) is 15.9 Å². The van der Waals surface area contributed by atoms with Gasteiger partial charge in [-0.05, 0) is 30.3 Å². The lowest BCUT2D eigenvalue weighted by atomic mass is 10.1. The normalized spacial score (nSPS) is 13.5. The largest absolute Gasteiger partial charge is 0.486 e. The van der Waals surface area contributed by atoms with Crippen LogP contribution in [-0.4, -0.2) is 42.2 Å². The molecule has 11 heteroatoms. The van der Waals surface area contributed by atoms with Gasteiger partial charge in [0.05, 0.1) is 35.1 Å². The number of carbonyl (C=O) groups excluding carboxylic acids is 1. The monoisotopic (exact) mass is 473 g/mol. The molecule has 3 aromatic rings. The number of ether oxygens (including phenoxy) is 3. The number of benzene rings is 2. The SMILES string of the molecule is O=C(OCc1csc(COc2ccc(F)cc2)n1)c1cc([N+](=O)[O-])ccc1N1CCOCC1. The van der Waals surface area contributed by atoms with E-state index in [2.05, 4.69) is 4.98 Å². The molecule has 0 amide bonds. The first-order valence-electron chi connectivity index (χ1n) is 10.1. The van der Waals surface area contributed by atoms with Crippen LogP contribution in [0.1, 0.15) is 21.1 Å². The molecule has 1 fully saturated rings. The van der Waals surface area contributed by atoms with Gasteiger partial charge in [0.2, 0.25) is 0 Å². The van der Waals surface area contributed by atoms with Crippen molar-refractivity contribution in [1.82, 2.24) is 4.98 Å². The van der Waals surface area contributed by atoms with Gasteiger partial charge in [0.15, 0.2) is 0 Å². The Labute approximate surface area is 192 Å². The summed E-state index contributed by atoms with van der Waals surface area (Å²) < 4.78 is 29.3. The van der Waals surface area contributed by atoms with Gasteiger partial charge in [-0.1, -0.05) is 0 Å². The number of morpholine rings is 1. The summed E-state index contributed by atoms with van der Waals surface area (Å²) in [5, 5.41) is 13.6. The van der Waals surface area contributed by atoms with Gasteiger partial charge in [-0.15, -0.1) is 11.3 Å². The average Bonchev–Trinajstić information content (AvgIpc) is 3.30. The molecule has 0 saturated carbocycles. The number of carbonyl (C=O) groups is 1. The number of rotatable bonds is 8. The molecule has 0 bridgehead atoms. The number of hydrogen-bond donors (Lipinski definition) is 0. The molecule has 1 aliphatic heterocycles. The molecule has 0 atom stereocenters. The summed E-state index contributed by atoms with van der Waals surface area (Å²) in [6.07, 6.45) is 0. The second kappa shape index (κ2) is 10.4. The van der Waals surface area contributed by atoms with Gasteiger partial charge in [0.1, 0.15) is 29.8 Å². The zero-order valence-corrected chi connectivity index (χ0v) is 18.3. The first kappa shape index (κ1) is 22.6. The lowest BCUT2D eigenvalue weighted by Gasteiger charge is -2.30. The average molecular weight is 473 g/mol. The maximum atomic E-state index is 13.0. The summed E-state index contributed by atoms with van der Waals surface area (Å²) in [5.74, 6) is -0.501. The standard InChI is InChI=1S/C22H20FN3O6S/c23-15-1-4-18(5-2-15)31-13-21-24-16(14-33-21)12-32-22(27)19-11-17(26(28)29)3-6-20(19)25-7-9-30-10-8-25/h1-6,11,14H,7-10,12-13H2. The maximum absolute atomic E-state index is 13.0. The van der Waals surface area contributed by atoms with Crippen LogP contribution in [0.15, 0.2) is 47.8 Å². The van der Waals surface area contributed by atoms with Crippen LogP contribution in [0.2, 0.25) is 0 Å². The predicted molar refractivity (Wildman–Crippen MR) is 118 cm³/mol. The topological polar surface area (TPSA) is 104 Å². The summed E-state index contributed by atoms with van der Waals surface area (Å²) >= 11 is 1.34. The Hall–Kier alpha value is -3.57. The van der Waals surface area contributed by atoms with Crippen LogP contribution in [0.3, 0.4) is 0 Å². The van der Waals surface area contributed by atoms with Gasteiger partial charge < -0.3 is 19.1 Å². The van der Waals surface area contributed by atoms with Crippen molar-refractivity contribution < 1.29 is 28.3 Å². The summed E-state index contributed by atoms with van der Waals surface area (Å²) in [7, 11) is 0. The smallest absolute Gasteiger partial charge is 0.340 e. The first-order valence-corrected chi connectivity index (χ1v) is 11.0. The van der Waals surface area contributed by atoms with E-state index in [1.165, 1.54) is 47.7 Å². The third kappa shape index (κ3) is 5.82. The van der Waals surface area contributed by atoms with E-state index in [9.17, 15) is 19.3 Å². The minimum Gasteiger partial charge on any atom is -0.486 e. The van der Waals surface area contributed by atoms with Crippen molar-refractivity contribution in [2.24, 2.45) is 0 Å². The van der Waals surface area contributed by atoms with E-state index in [4.69, 9.17) is 14.2 Å². The van der Waals surface area contributed by atoms with Gasteiger partial charge in [0, 0.05) is 30.6 Å². The number of halogens is 1. The summed E-state index contributed by atoms with van der Waals surface area (Å²) in [5.41, 5.74) is 1.04. The summed E-state index contributed by atoms with van der Waals surface area (Å²) in [4.78, 5) is 29.8. The molecule has 1 aromatic heterocycles. The van der Waals surface area contributed by atoms with Crippen molar-refractivity contribution in [3.8, 4) is 5.75 Å². The second-order valence-corrected chi connectivity index (χ2v) is 8.05. The van der Waals surface area contributed by atoms with Gasteiger partial charge in [0.25, 0.3) is 5.69 Å². The van der Waals surface area contributed by atoms with Gasteiger partial charge >= 0.3 is 5.97 Å². The van der Waals surface area contributed by atoms with Crippen LogP contribution in [0.5, 0.6) is 5.75 Å². The summed E-state index contributed by atoms with van der Waals surface area (Å²) in [6.45, 7) is 2.26. The van der Waals surface area contributed by atoms with Crippen molar-refractivity contribution >= 4 is 28.7 Å². The van der Waals surface area contributed by atoms with E-state index in [1.54, 1.807) is 11.4 Å². The van der Waals surface area contributed by atoms with Gasteiger partial charge in [-0.3, -0.25) is 10.1 Å². The van der Waals surface area contributed by atoms with E-state index in [0.717, 1.165) is 0 Å². The lowest BCUT2D eigenvalue weighted by Crippen LogP contribution is -2.37. The van der Waals surface area contributed by atoms with Gasteiger partial charge in [-0.25, -0.2) is 14.2 Å². The number of hydrogen-bond acceptors (Lipinski definition) is 9. The number of esters is 1. The Balaban J connectivity index is 1.40. The Bertz CT molecular complexity index is 1130. The van der Waals surface area contributed by atoms with Crippen molar-refractivity contribution in [2.45, 2.75) is 13.2 Å².